The molecule has 9 nitrogen and oxygen atoms in total. The van der Waals surface area contributed by atoms with E-state index in [9.17, 15) is 9.00 Å². The summed E-state index contributed by atoms with van der Waals surface area (Å²) >= 11 is 0. The van der Waals surface area contributed by atoms with Crippen LogP contribution in [0.4, 0.5) is 10.5 Å². The van der Waals surface area contributed by atoms with Crippen LogP contribution in [-0.2, 0) is 40.7 Å². The maximum Gasteiger partial charge on any atom is 0.331 e. The molecule has 2 N–H and O–H groups in total. The van der Waals surface area contributed by atoms with Gasteiger partial charge in [0.15, 0.2) is 16.0 Å². The standard InChI is InChI=1S/C26H28N6O3S/c1-16-13-17-5-4-6-20(17)24(23(16)18-8-10-31-19(14-18)7-9-27-31)28-25(33)30-36(34)22-15-21-26(2,3)35-12-11-32(21)29-22/h7-10,13-15H,4-6,11-12H2,1-3H3,(H2,28,30,33). The van der Waals surface area contributed by atoms with Gasteiger partial charge in [-0.1, -0.05) is 6.07 Å². The van der Waals surface area contributed by atoms with Gasteiger partial charge in [-0.3, -0.25) is 9.40 Å². The van der Waals surface area contributed by atoms with Crippen LogP contribution in [-0.4, -0.2) is 36.2 Å². The fourth-order valence-corrected chi connectivity index (χ4v) is 6.07. The molecule has 1 atom stereocenters. The highest BCUT2D eigenvalue weighted by molar-refractivity contribution is 7.83. The van der Waals surface area contributed by atoms with Crippen LogP contribution in [0.2, 0.25) is 0 Å². The van der Waals surface area contributed by atoms with Gasteiger partial charge in [0, 0.05) is 24.0 Å². The number of aromatic nitrogens is 4. The molecule has 0 saturated carbocycles. The van der Waals surface area contributed by atoms with Crippen molar-refractivity contribution in [2.45, 2.75) is 57.2 Å². The average molecular weight is 505 g/mol. The minimum Gasteiger partial charge on any atom is -0.367 e. The summed E-state index contributed by atoms with van der Waals surface area (Å²) in [7, 11) is -1.81. The van der Waals surface area contributed by atoms with Gasteiger partial charge in [-0.2, -0.15) is 10.2 Å². The fourth-order valence-electron chi connectivity index (χ4n) is 5.36. The highest BCUT2D eigenvalue weighted by atomic mass is 32.2. The monoisotopic (exact) mass is 504 g/mol. The number of amides is 2. The van der Waals surface area contributed by atoms with Crippen molar-refractivity contribution in [2.75, 3.05) is 11.9 Å². The quantitative estimate of drug-likeness (QED) is 0.436. The van der Waals surface area contributed by atoms with E-state index in [0.29, 0.717) is 18.2 Å². The van der Waals surface area contributed by atoms with Crippen molar-refractivity contribution in [3.8, 4) is 11.1 Å². The first-order valence-electron chi connectivity index (χ1n) is 12.1. The van der Waals surface area contributed by atoms with Gasteiger partial charge < -0.3 is 10.1 Å². The molecular weight excluding hydrogens is 476 g/mol. The van der Waals surface area contributed by atoms with E-state index in [4.69, 9.17) is 4.74 Å². The lowest BCUT2D eigenvalue weighted by Crippen LogP contribution is -2.33. The van der Waals surface area contributed by atoms with Gasteiger partial charge in [0.1, 0.15) is 5.60 Å². The number of pyridine rings is 1. The van der Waals surface area contributed by atoms with Crippen molar-refractivity contribution in [1.29, 1.82) is 0 Å². The zero-order valence-electron chi connectivity index (χ0n) is 20.5. The second kappa shape index (κ2) is 8.56. The molecule has 1 unspecified atom stereocenters. The molecule has 0 bridgehead atoms. The van der Waals surface area contributed by atoms with Crippen LogP contribution >= 0.6 is 0 Å². The lowest BCUT2D eigenvalue weighted by Gasteiger charge is -2.30. The Balaban J connectivity index is 1.31. The normalized spacial score (nSPS) is 17.0. The summed E-state index contributed by atoms with van der Waals surface area (Å²) in [5.74, 6) is 0. The first-order chi connectivity index (χ1) is 17.3. The molecule has 2 aliphatic rings. The van der Waals surface area contributed by atoms with E-state index in [0.717, 1.165) is 58.4 Å². The Morgan fingerprint density at radius 3 is 2.89 bits per heavy atom. The number of benzene rings is 1. The molecule has 0 saturated heterocycles. The molecular formula is C26H28N6O3S. The second-order valence-corrected chi connectivity index (χ2v) is 11.0. The van der Waals surface area contributed by atoms with Crippen molar-refractivity contribution in [2.24, 2.45) is 0 Å². The zero-order chi connectivity index (χ0) is 25.0. The smallest absolute Gasteiger partial charge is 0.331 e. The number of anilines is 1. The summed E-state index contributed by atoms with van der Waals surface area (Å²) in [6.45, 7) is 7.09. The Hall–Kier alpha value is -3.50. The highest BCUT2D eigenvalue weighted by Gasteiger charge is 2.32. The summed E-state index contributed by atoms with van der Waals surface area (Å²) in [4.78, 5) is 13.1. The van der Waals surface area contributed by atoms with Gasteiger partial charge in [-0.25, -0.2) is 13.5 Å². The fraction of sp³-hybridized carbons (Fsp3) is 0.346. The molecule has 0 spiro atoms. The number of ether oxygens (including phenoxy) is 1. The SMILES string of the molecule is Cc1cc2c(c(NC(=O)NS(=O)c3cc4n(n3)CCOC4(C)C)c1-c1ccn3nccc3c1)CCC2. The number of carbonyl (C=O) groups excluding carboxylic acids is 1. The molecule has 186 valence electrons. The molecule has 3 aromatic heterocycles. The lowest BCUT2D eigenvalue weighted by atomic mass is 9.93. The van der Waals surface area contributed by atoms with Crippen LogP contribution in [0.1, 0.15) is 42.7 Å². The van der Waals surface area contributed by atoms with Gasteiger partial charge in [-0.05, 0) is 80.5 Å². The molecule has 2 amide bonds. The molecule has 0 radical (unpaired) electrons. The van der Waals surface area contributed by atoms with E-state index in [1.165, 1.54) is 5.56 Å². The highest BCUT2D eigenvalue weighted by Crippen LogP contribution is 2.40. The predicted octanol–water partition coefficient (Wildman–Crippen LogP) is 4.10. The summed E-state index contributed by atoms with van der Waals surface area (Å²) < 4.78 is 25.1. The average Bonchev–Trinajstić information content (AvgIpc) is 3.57. The summed E-state index contributed by atoms with van der Waals surface area (Å²) in [5.41, 5.74) is 7.51. The number of urea groups is 1. The van der Waals surface area contributed by atoms with E-state index < -0.39 is 22.6 Å². The number of hydrogen-bond acceptors (Lipinski definition) is 5. The number of hydrogen-bond donors (Lipinski definition) is 2. The minimum atomic E-state index is -1.81. The number of nitrogens with zero attached hydrogens (tertiary/aromatic N) is 4. The van der Waals surface area contributed by atoms with Crippen LogP contribution in [0, 0.1) is 6.92 Å². The van der Waals surface area contributed by atoms with Crippen LogP contribution in [0.3, 0.4) is 0 Å². The van der Waals surface area contributed by atoms with E-state index in [2.05, 4.69) is 39.3 Å². The third kappa shape index (κ3) is 3.90. The molecule has 0 fully saturated rings. The third-order valence-electron chi connectivity index (χ3n) is 7.04. The van der Waals surface area contributed by atoms with E-state index in [1.807, 2.05) is 36.7 Å². The molecule has 1 aromatic carbocycles. The van der Waals surface area contributed by atoms with Crippen molar-refractivity contribution < 1.29 is 13.7 Å². The van der Waals surface area contributed by atoms with Crippen molar-refractivity contribution in [1.82, 2.24) is 24.1 Å². The number of carbonyl (C=O) groups is 1. The zero-order valence-corrected chi connectivity index (χ0v) is 21.3. The van der Waals surface area contributed by atoms with Crippen molar-refractivity contribution in [3.63, 3.8) is 0 Å². The summed E-state index contributed by atoms with van der Waals surface area (Å²) in [6, 6.07) is 9.46. The number of rotatable bonds is 4. The van der Waals surface area contributed by atoms with Crippen molar-refractivity contribution in [3.05, 3.63) is 65.1 Å². The minimum absolute atomic E-state index is 0.305. The van der Waals surface area contributed by atoms with Crippen LogP contribution < -0.4 is 10.0 Å². The maximum atomic E-state index is 13.1. The number of aryl methyl sites for hydroxylation is 2. The molecule has 36 heavy (non-hydrogen) atoms. The third-order valence-corrected chi connectivity index (χ3v) is 7.99. The van der Waals surface area contributed by atoms with Gasteiger partial charge >= 0.3 is 6.03 Å². The molecule has 1 aliphatic heterocycles. The van der Waals surface area contributed by atoms with Gasteiger partial charge in [0.05, 0.1) is 30.0 Å². The first-order valence-corrected chi connectivity index (χ1v) is 13.3. The molecule has 10 heteroatoms. The maximum absolute atomic E-state index is 13.1. The Morgan fingerprint density at radius 2 is 2.06 bits per heavy atom. The van der Waals surface area contributed by atoms with Gasteiger partial charge in [0.2, 0.25) is 0 Å². The topological polar surface area (TPSA) is 103 Å². The summed E-state index contributed by atoms with van der Waals surface area (Å²) in [5, 5.41) is 12.1. The summed E-state index contributed by atoms with van der Waals surface area (Å²) in [6.07, 6.45) is 6.59. The van der Waals surface area contributed by atoms with E-state index >= 15 is 0 Å². The Kier molecular flexibility index (Phi) is 5.45. The molecule has 6 rings (SSSR count). The largest absolute Gasteiger partial charge is 0.367 e. The van der Waals surface area contributed by atoms with E-state index in [1.54, 1.807) is 16.9 Å². The number of fused-ring (bicyclic) bond motifs is 3. The predicted molar refractivity (Wildman–Crippen MR) is 137 cm³/mol. The van der Waals surface area contributed by atoms with Crippen LogP contribution in [0.15, 0.2) is 47.8 Å². The molecule has 4 aromatic rings. The van der Waals surface area contributed by atoms with E-state index in [-0.39, 0.29) is 0 Å². The Morgan fingerprint density at radius 1 is 1.19 bits per heavy atom. The van der Waals surface area contributed by atoms with Crippen LogP contribution in [0.25, 0.3) is 16.6 Å². The molecule has 1 aliphatic carbocycles. The Labute approximate surface area is 211 Å². The second-order valence-electron chi connectivity index (χ2n) is 9.83. The van der Waals surface area contributed by atoms with Gasteiger partial charge in [0.25, 0.3) is 0 Å². The Bertz CT molecular complexity index is 1540. The lowest BCUT2D eigenvalue weighted by molar-refractivity contribution is -0.0532. The number of nitrogens with one attached hydrogen (secondary N) is 2. The van der Waals surface area contributed by atoms with Crippen LogP contribution in [0.5, 0.6) is 0 Å². The van der Waals surface area contributed by atoms with Crippen molar-refractivity contribution >= 4 is 28.2 Å². The first kappa shape index (κ1) is 22.9. The van der Waals surface area contributed by atoms with Gasteiger partial charge in [-0.15, -0.1) is 0 Å². The molecule has 4 heterocycles.